The van der Waals surface area contributed by atoms with Crippen LogP contribution in [0.5, 0.6) is 0 Å². The number of halogens is 2. The minimum absolute atomic E-state index is 0.190. The van der Waals surface area contributed by atoms with Crippen molar-refractivity contribution in [2.24, 2.45) is 0 Å². The number of urea groups is 1. The van der Waals surface area contributed by atoms with Crippen molar-refractivity contribution in [2.75, 3.05) is 26.2 Å². The Hall–Kier alpha value is -3.04. The Morgan fingerprint density at radius 3 is 2.54 bits per heavy atom. The first-order valence-electron chi connectivity index (χ1n) is 8.78. The van der Waals surface area contributed by atoms with Crippen molar-refractivity contribution in [3.63, 3.8) is 0 Å². The van der Waals surface area contributed by atoms with E-state index >= 15 is 0 Å². The Kier molecular flexibility index (Phi) is 6.32. The number of rotatable bonds is 7. The van der Waals surface area contributed by atoms with Gasteiger partial charge in [0.2, 0.25) is 11.8 Å². The summed E-state index contributed by atoms with van der Waals surface area (Å²) in [5.74, 6) is -3.52. The minimum Gasteiger partial charge on any atom is -0.355 e. The summed E-state index contributed by atoms with van der Waals surface area (Å²) in [4.78, 5) is 51.0. The summed E-state index contributed by atoms with van der Waals surface area (Å²) in [6, 6.07) is 1.67. The van der Waals surface area contributed by atoms with Gasteiger partial charge < -0.3 is 15.5 Å². The summed E-state index contributed by atoms with van der Waals surface area (Å²) in [5, 5.41) is 4.87. The van der Waals surface area contributed by atoms with Gasteiger partial charge in [0.15, 0.2) is 0 Å². The zero-order valence-corrected chi connectivity index (χ0v) is 15.8. The van der Waals surface area contributed by atoms with Gasteiger partial charge in [-0.3, -0.25) is 19.3 Å². The van der Waals surface area contributed by atoms with Crippen LogP contribution in [0.3, 0.4) is 0 Å². The van der Waals surface area contributed by atoms with E-state index < -0.39 is 41.6 Å². The largest absolute Gasteiger partial charge is 0.355 e. The number of benzene rings is 1. The number of nitrogens with one attached hydrogen (secondary N) is 2. The SMILES string of the molecule is CCNC(=O)CN(CC)C(=O)CN1C(=O)N[C@](C)(c2cc(F)ccc2F)C1=O. The van der Waals surface area contributed by atoms with Crippen LogP contribution in [0.4, 0.5) is 13.6 Å². The molecule has 0 aromatic heterocycles. The highest BCUT2D eigenvalue weighted by atomic mass is 19.1. The second-order valence-corrected chi connectivity index (χ2v) is 6.43. The topological polar surface area (TPSA) is 98.8 Å². The van der Waals surface area contributed by atoms with Crippen molar-refractivity contribution in [3.8, 4) is 0 Å². The molecule has 5 amide bonds. The van der Waals surface area contributed by atoms with E-state index in [1.807, 2.05) is 0 Å². The predicted octanol–water partition coefficient (Wildman–Crippen LogP) is 0.716. The molecule has 0 spiro atoms. The highest BCUT2D eigenvalue weighted by Crippen LogP contribution is 2.31. The van der Waals surface area contributed by atoms with Gasteiger partial charge in [-0.2, -0.15) is 0 Å². The zero-order valence-electron chi connectivity index (χ0n) is 15.8. The van der Waals surface area contributed by atoms with Crippen LogP contribution in [0.1, 0.15) is 26.3 Å². The van der Waals surface area contributed by atoms with Gasteiger partial charge in [-0.15, -0.1) is 0 Å². The first-order chi connectivity index (χ1) is 13.1. The Labute approximate surface area is 160 Å². The Morgan fingerprint density at radius 2 is 1.93 bits per heavy atom. The molecular weight excluding hydrogens is 374 g/mol. The van der Waals surface area contributed by atoms with Crippen molar-refractivity contribution in [1.82, 2.24) is 20.4 Å². The van der Waals surface area contributed by atoms with Crippen molar-refractivity contribution >= 4 is 23.8 Å². The monoisotopic (exact) mass is 396 g/mol. The fraction of sp³-hybridized carbons (Fsp3) is 0.444. The van der Waals surface area contributed by atoms with Gasteiger partial charge in [-0.25, -0.2) is 13.6 Å². The zero-order chi connectivity index (χ0) is 21.1. The van der Waals surface area contributed by atoms with E-state index in [1.54, 1.807) is 13.8 Å². The molecule has 1 heterocycles. The molecule has 0 radical (unpaired) electrons. The Morgan fingerprint density at radius 1 is 1.25 bits per heavy atom. The maximum absolute atomic E-state index is 14.1. The number of amides is 5. The number of carbonyl (C=O) groups excluding carboxylic acids is 4. The molecule has 28 heavy (non-hydrogen) atoms. The second-order valence-electron chi connectivity index (χ2n) is 6.43. The van der Waals surface area contributed by atoms with Crippen LogP contribution in [0, 0.1) is 11.6 Å². The molecule has 0 unspecified atom stereocenters. The predicted molar refractivity (Wildman–Crippen MR) is 94.9 cm³/mol. The second kappa shape index (κ2) is 8.32. The van der Waals surface area contributed by atoms with Crippen LogP contribution in [-0.2, 0) is 19.9 Å². The van der Waals surface area contributed by atoms with Crippen LogP contribution < -0.4 is 10.6 Å². The maximum atomic E-state index is 14.1. The van der Waals surface area contributed by atoms with Gasteiger partial charge >= 0.3 is 6.03 Å². The van der Waals surface area contributed by atoms with E-state index in [1.165, 1.54) is 11.8 Å². The fourth-order valence-corrected chi connectivity index (χ4v) is 2.94. The molecule has 1 aliphatic heterocycles. The molecule has 0 aliphatic carbocycles. The summed E-state index contributed by atoms with van der Waals surface area (Å²) < 4.78 is 27.7. The van der Waals surface area contributed by atoms with Gasteiger partial charge in [0.25, 0.3) is 5.91 Å². The molecule has 2 rings (SSSR count). The molecule has 152 valence electrons. The third kappa shape index (κ3) is 4.10. The highest BCUT2D eigenvalue weighted by molar-refractivity contribution is 6.09. The molecular formula is C18H22F2N4O4. The van der Waals surface area contributed by atoms with Crippen LogP contribution in [0.2, 0.25) is 0 Å². The standard InChI is InChI=1S/C18H22F2N4O4/c1-4-21-14(25)9-23(5-2)15(26)10-24-16(27)18(3,22-17(24)28)12-8-11(19)6-7-13(12)20/h6-8H,4-5,9-10H2,1-3H3,(H,21,25)(H,22,28)/t18-/m1/s1. The number of likely N-dealkylation sites (N-methyl/N-ethyl adjacent to an activating group) is 2. The lowest BCUT2D eigenvalue weighted by Crippen LogP contribution is -2.47. The average molecular weight is 396 g/mol. The maximum Gasteiger partial charge on any atom is 0.325 e. The van der Waals surface area contributed by atoms with Gasteiger partial charge in [0.1, 0.15) is 23.7 Å². The third-order valence-electron chi connectivity index (χ3n) is 4.48. The minimum atomic E-state index is -1.85. The molecule has 1 aromatic carbocycles. The molecule has 1 atom stereocenters. The number of nitrogens with zero attached hydrogens (tertiary/aromatic N) is 2. The van der Waals surface area contributed by atoms with Crippen molar-refractivity contribution in [2.45, 2.75) is 26.3 Å². The molecule has 0 saturated carbocycles. The normalized spacial score (nSPS) is 18.8. The Balaban J connectivity index is 2.20. The third-order valence-corrected chi connectivity index (χ3v) is 4.48. The van der Waals surface area contributed by atoms with E-state index in [2.05, 4.69) is 10.6 Å². The van der Waals surface area contributed by atoms with Gasteiger partial charge in [-0.1, -0.05) is 0 Å². The number of carbonyl (C=O) groups is 4. The molecule has 1 saturated heterocycles. The van der Waals surface area contributed by atoms with Crippen LogP contribution in [-0.4, -0.2) is 59.7 Å². The highest BCUT2D eigenvalue weighted by Gasteiger charge is 2.51. The van der Waals surface area contributed by atoms with E-state index in [0.717, 1.165) is 18.2 Å². The van der Waals surface area contributed by atoms with Gasteiger partial charge in [-0.05, 0) is 39.0 Å². The van der Waals surface area contributed by atoms with Crippen molar-refractivity contribution in [1.29, 1.82) is 0 Å². The molecule has 10 heteroatoms. The summed E-state index contributed by atoms with van der Waals surface area (Å²) in [5.41, 5.74) is -2.18. The smallest absolute Gasteiger partial charge is 0.325 e. The lowest BCUT2D eigenvalue weighted by atomic mass is 9.91. The molecule has 1 aliphatic rings. The quantitative estimate of drug-likeness (QED) is 0.664. The van der Waals surface area contributed by atoms with E-state index in [4.69, 9.17) is 0 Å². The van der Waals surface area contributed by atoms with Crippen LogP contribution >= 0.6 is 0 Å². The molecule has 1 aromatic rings. The summed E-state index contributed by atoms with van der Waals surface area (Å²) in [6.45, 7) is 4.37. The lowest BCUT2D eigenvalue weighted by Gasteiger charge is -2.24. The lowest BCUT2D eigenvalue weighted by molar-refractivity contribution is -0.140. The molecule has 1 fully saturated rings. The molecule has 0 bridgehead atoms. The number of hydrogen-bond acceptors (Lipinski definition) is 4. The van der Waals surface area contributed by atoms with E-state index in [9.17, 15) is 28.0 Å². The summed E-state index contributed by atoms with van der Waals surface area (Å²) in [6.07, 6.45) is 0. The number of imide groups is 1. The van der Waals surface area contributed by atoms with Crippen molar-refractivity contribution in [3.05, 3.63) is 35.4 Å². The van der Waals surface area contributed by atoms with Crippen LogP contribution in [0.25, 0.3) is 0 Å². The van der Waals surface area contributed by atoms with Gasteiger partial charge in [0.05, 0.1) is 6.54 Å². The van der Waals surface area contributed by atoms with Crippen molar-refractivity contribution < 1.29 is 28.0 Å². The summed E-state index contributed by atoms with van der Waals surface area (Å²) in [7, 11) is 0. The first-order valence-corrected chi connectivity index (χ1v) is 8.78. The fourth-order valence-electron chi connectivity index (χ4n) is 2.94. The molecule has 8 nitrogen and oxygen atoms in total. The summed E-state index contributed by atoms with van der Waals surface area (Å²) >= 11 is 0. The average Bonchev–Trinajstić information content (AvgIpc) is 2.85. The van der Waals surface area contributed by atoms with Crippen LogP contribution in [0.15, 0.2) is 18.2 Å². The van der Waals surface area contributed by atoms with Gasteiger partial charge in [0, 0.05) is 18.7 Å². The van der Waals surface area contributed by atoms with E-state index in [0.29, 0.717) is 11.4 Å². The molecule has 2 N–H and O–H groups in total. The Bertz CT molecular complexity index is 817. The first kappa shape index (κ1) is 21.3. The number of hydrogen-bond donors (Lipinski definition) is 2. The van der Waals surface area contributed by atoms with E-state index in [-0.39, 0.29) is 24.6 Å².